The maximum absolute atomic E-state index is 12.7. The number of carbonyl (C=O) groups is 2. The molecule has 4 nitrogen and oxygen atoms in total. The van der Waals surface area contributed by atoms with Crippen LogP contribution in [0.3, 0.4) is 0 Å². The molecule has 0 aliphatic heterocycles. The summed E-state index contributed by atoms with van der Waals surface area (Å²) in [4.78, 5) is 24.7. The number of rotatable bonds is 5. The Hall–Kier alpha value is -2.33. The lowest BCUT2D eigenvalue weighted by atomic mass is 9.95. The van der Waals surface area contributed by atoms with Crippen molar-refractivity contribution in [3.05, 3.63) is 64.7 Å². The van der Waals surface area contributed by atoms with E-state index in [0.717, 1.165) is 18.4 Å². The monoisotopic (exact) mass is 356 g/mol. The van der Waals surface area contributed by atoms with Gasteiger partial charge in [0.05, 0.1) is 5.41 Å². The van der Waals surface area contributed by atoms with E-state index in [9.17, 15) is 9.59 Å². The zero-order chi connectivity index (χ0) is 18.0. The van der Waals surface area contributed by atoms with Gasteiger partial charge in [0.1, 0.15) is 0 Å². The van der Waals surface area contributed by atoms with Gasteiger partial charge in [-0.25, -0.2) is 0 Å². The molecule has 0 saturated heterocycles. The standard InChI is InChI=1S/C20H21ClN2O2/c1-13(2)22-18(24)14-6-8-17(9-7-14)23-19(25)20(10-11-20)15-4-3-5-16(21)12-15/h3-9,12-13H,10-11H2,1-2H3,(H,22,24)(H,23,25). The zero-order valence-electron chi connectivity index (χ0n) is 14.3. The van der Waals surface area contributed by atoms with E-state index in [2.05, 4.69) is 10.6 Å². The summed E-state index contributed by atoms with van der Waals surface area (Å²) in [5.41, 5.74) is 1.71. The smallest absolute Gasteiger partial charge is 0.251 e. The molecule has 2 aromatic rings. The molecule has 130 valence electrons. The van der Waals surface area contributed by atoms with Gasteiger partial charge in [-0.3, -0.25) is 9.59 Å². The van der Waals surface area contributed by atoms with E-state index in [0.29, 0.717) is 16.3 Å². The third-order valence-electron chi connectivity index (χ3n) is 4.39. The number of hydrogen-bond acceptors (Lipinski definition) is 2. The third-order valence-corrected chi connectivity index (χ3v) is 4.62. The van der Waals surface area contributed by atoms with Crippen LogP contribution in [-0.4, -0.2) is 17.9 Å². The molecule has 1 aliphatic carbocycles. The molecule has 5 heteroatoms. The van der Waals surface area contributed by atoms with Gasteiger partial charge >= 0.3 is 0 Å². The Morgan fingerprint density at radius 1 is 1.08 bits per heavy atom. The van der Waals surface area contributed by atoms with Gasteiger partial charge in [0.15, 0.2) is 0 Å². The van der Waals surface area contributed by atoms with Gasteiger partial charge in [0.25, 0.3) is 5.91 Å². The molecular formula is C20H21ClN2O2. The van der Waals surface area contributed by atoms with Crippen molar-refractivity contribution in [1.29, 1.82) is 0 Å². The minimum Gasteiger partial charge on any atom is -0.350 e. The highest BCUT2D eigenvalue weighted by atomic mass is 35.5. The van der Waals surface area contributed by atoms with Crippen molar-refractivity contribution in [2.24, 2.45) is 0 Å². The second-order valence-corrected chi connectivity index (χ2v) is 7.19. The average Bonchev–Trinajstić information content (AvgIpc) is 3.37. The van der Waals surface area contributed by atoms with E-state index >= 15 is 0 Å². The van der Waals surface area contributed by atoms with Crippen molar-refractivity contribution in [2.45, 2.75) is 38.1 Å². The minimum absolute atomic E-state index is 0.0332. The molecule has 25 heavy (non-hydrogen) atoms. The van der Waals surface area contributed by atoms with Gasteiger partial charge in [0.2, 0.25) is 5.91 Å². The first kappa shape index (κ1) is 17.5. The Bertz CT molecular complexity index is 796. The predicted octanol–water partition coefficient (Wildman–Crippen LogP) is 4.15. The van der Waals surface area contributed by atoms with Crippen LogP contribution < -0.4 is 10.6 Å². The van der Waals surface area contributed by atoms with Crippen LogP contribution in [0.5, 0.6) is 0 Å². The van der Waals surface area contributed by atoms with Crippen LogP contribution in [0.1, 0.15) is 42.6 Å². The number of carbonyl (C=O) groups excluding carboxylic acids is 2. The van der Waals surface area contributed by atoms with Crippen LogP contribution in [0.4, 0.5) is 5.69 Å². The van der Waals surface area contributed by atoms with E-state index < -0.39 is 5.41 Å². The van der Waals surface area contributed by atoms with E-state index in [1.165, 1.54) is 0 Å². The fourth-order valence-corrected chi connectivity index (χ4v) is 3.05. The van der Waals surface area contributed by atoms with Crippen LogP contribution in [0.25, 0.3) is 0 Å². The lowest BCUT2D eigenvalue weighted by Crippen LogP contribution is -2.30. The first-order chi connectivity index (χ1) is 11.9. The van der Waals surface area contributed by atoms with Gasteiger partial charge in [-0.2, -0.15) is 0 Å². The summed E-state index contributed by atoms with van der Waals surface area (Å²) in [6.45, 7) is 3.83. The fraction of sp³-hybridized carbons (Fsp3) is 0.300. The summed E-state index contributed by atoms with van der Waals surface area (Å²) in [6.07, 6.45) is 1.63. The minimum atomic E-state index is -0.488. The molecule has 1 aliphatic rings. The Balaban J connectivity index is 1.70. The lowest BCUT2D eigenvalue weighted by Gasteiger charge is -2.16. The molecule has 0 bridgehead atoms. The first-order valence-corrected chi connectivity index (χ1v) is 8.77. The van der Waals surface area contributed by atoms with Gasteiger partial charge in [0, 0.05) is 22.3 Å². The molecule has 1 saturated carbocycles. The van der Waals surface area contributed by atoms with Gasteiger partial charge in [-0.05, 0) is 68.7 Å². The number of benzene rings is 2. The van der Waals surface area contributed by atoms with Crippen LogP contribution in [0.2, 0.25) is 5.02 Å². The van der Waals surface area contributed by atoms with E-state index in [4.69, 9.17) is 11.6 Å². The molecule has 0 unspecified atom stereocenters. The highest BCUT2D eigenvalue weighted by Crippen LogP contribution is 2.49. The number of nitrogens with one attached hydrogen (secondary N) is 2. The molecule has 3 rings (SSSR count). The molecule has 1 fully saturated rings. The molecule has 0 spiro atoms. The Morgan fingerprint density at radius 3 is 2.32 bits per heavy atom. The summed E-state index contributed by atoms with van der Waals surface area (Å²) >= 11 is 6.06. The van der Waals surface area contributed by atoms with Crippen molar-refractivity contribution in [2.75, 3.05) is 5.32 Å². The predicted molar refractivity (Wildman–Crippen MR) is 100 cm³/mol. The van der Waals surface area contributed by atoms with Crippen LogP contribution in [0.15, 0.2) is 48.5 Å². The Labute approximate surface area is 152 Å². The van der Waals surface area contributed by atoms with E-state index in [1.807, 2.05) is 32.0 Å². The molecule has 0 atom stereocenters. The molecule has 0 radical (unpaired) electrons. The summed E-state index contributed by atoms with van der Waals surface area (Å²) in [5.74, 6) is -0.153. The van der Waals surface area contributed by atoms with Gasteiger partial charge in [-0.1, -0.05) is 23.7 Å². The van der Waals surface area contributed by atoms with Gasteiger partial charge < -0.3 is 10.6 Å². The summed E-state index contributed by atoms with van der Waals surface area (Å²) in [5, 5.41) is 6.43. The summed E-state index contributed by atoms with van der Waals surface area (Å²) in [6, 6.07) is 14.5. The second-order valence-electron chi connectivity index (χ2n) is 6.75. The largest absolute Gasteiger partial charge is 0.350 e. The van der Waals surface area contributed by atoms with Crippen LogP contribution in [-0.2, 0) is 10.2 Å². The second kappa shape index (κ2) is 6.89. The zero-order valence-corrected chi connectivity index (χ0v) is 15.1. The van der Waals surface area contributed by atoms with Crippen LogP contribution >= 0.6 is 11.6 Å². The van der Waals surface area contributed by atoms with Crippen molar-refractivity contribution in [3.63, 3.8) is 0 Å². The summed E-state index contributed by atoms with van der Waals surface area (Å²) in [7, 11) is 0. The quantitative estimate of drug-likeness (QED) is 0.845. The fourth-order valence-electron chi connectivity index (χ4n) is 2.86. The molecule has 0 heterocycles. The van der Waals surface area contributed by atoms with Crippen molar-refractivity contribution >= 4 is 29.1 Å². The highest BCUT2D eigenvalue weighted by molar-refractivity contribution is 6.30. The Morgan fingerprint density at radius 2 is 1.76 bits per heavy atom. The number of halogens is 1. The highest BCUT2D eigenvalue weighted by Gasteiger charge is 2.51. The maximum atomic E-state index is 12.7. The normalized spacial score (nSPS) is 14.9. The molecule has 2 aromatic carbocycles. The SMILES string of the molecule is CC(C)NC(=O)c1ccc(NC(=O)C2(c3cccc(Cl)c3)CC2)cc1. The summed E-state index contributed by atoms with van der Waals surface area (Å²) < 4.78 is 0. The van der Waals surface area contributed by atoms with Crippen molar-refractivity contribution in [3.8, 4) is 0 Å². The van der Waals surface area contributed by atoms with Crippen LogP contribution in [0, 0.1) is 0 Å². The van der Waals surface area contributed by atoms with Crippen molar-refractivity contribution in [1.82, 2.24) is 5.32 Å². The molecular weight excluding hydrogens is 336 g/mol. The maximum Gasteiger partial charge on any atom is 0.251 e. The number of amides is 2. The topological polar surface area (TPSA) is 58.2 Å². The van der Waals surface area contributed by atoms with Crippen molar-refractivity contribution < 1.29 is 9.59 Å². The first-order valence-electron chi connectivity index (χ1n) is 8.39. The van der Waals surface area contributed by atoms with E-state index in [1.54, 1.807) is 30.3 Å². The number of hydrogen-bond donors (Lipinski definition) is 2. The molecule has 0 aromatic heterocycles. The number of anilines is 1. The van der Waals surface area contributed by atoms with E-state index in [-0.39, 0.29) is 17.9 Å². The lowest BCUT2D eigenvalue weighted by molar-refractivity contribution is -0.118. The molecule has 2 amide bonds. The average molecular weight is 357 g/mol. The third kappa shape index (κ3) is 3.85. The Kier molecular flexibility index (Phi) is 4.82. The molecule has 2 N–H and O–H groups in total. The van der Waals surface area contributed by atoms with Gasteiger partial charge in [-0.15, -0.1) is 0 Å².